The van der Waals surface area contributed by atoms with Crippen LogP contribution in [-0.4, -0.2) is 6.18 Å². The third kappa shape index (κ3) is 2.46. The monoisotopic (exact) mass is 236 g/mol. The van der Waals surface area contributed by atoms with E-state index in [9.17, 15) is 13.2 Å². The van der Waals surface area contributed by atoms with Crippen molar-refractivity contribution in [2.75, 3.05) is 0 Å². The van der Waals surface area contributed by atoms with Gasteiger partial charge in [0, 0.05) is 5.88 Å². The zero-order chi connectivity index (χ0) is 11.7. The Morgan fingerprint density at radius 3 is 1.87 bits per heavy atom. The van der Waals surface area contributed by atoms with E-state index >= 15 is 0 Å². The zero-order valence-electron chi connectivity index (χ0n) is 8.53. The molecular formula is C11H12ClF3. The Morgan fingerprint density at radius 2 is 1.53 bits per heavy atom. The fourth-order valence-electron chi connectivity index (χ4n) is 1.17. The van der Waals surface area contributed by atoms with Crippen LogP contribution in [0.3, 0.4) is 0 Å². The van der Waals surface area contributed by atoms with E-state index in [0.717, 1.165) is 5.56 Å². The molecule has 0 N–H and O–H groups in total. The lowest BCUT2D eigenvalue weighted by Crippen LogP contribution is -2.36. The van der Waals surface area contributed by atoms with Crippen molar-refractivity contribution >= 4 is 11.6 Å². The molecule has 0 heterocycles. The lowest BCUT2D eigenvalue weighted by molar-refractivity contribution is -0.180. The largest absolute Gasteiger partial charge is 0.397 e. The summed E-state index contributed by atoms with van der Waals surface area (Å²) in [5, 5.41) is 0. The maximum atomic E-state index is 12.7. The van der Waals surface area contributed by atoms with Crippen molar-refractivity contribution in [2.24, 2.45) is 0 Å². The van der Waals surface area contributed by atoms with E-state index in [4.69, 9.17) is 11.6 Å². The van der Waals surface area contributed by atoms with Gasteiger partial charge in [-0.3, -0.25) is 0 Å². The number of hydrogen-bond acceptors (Lipinski definition) is 0. The number of rotatable bonds is 2. The standard InChI is InChI=1S/C11H12ClF3/c1-10(2,11(13,14)15)9-5-3-8(7-12)4-6-9/h3-6H,7H2,1-2H3. The van der Waals surface area contributed by atoms with Gasteiger partial charge in [0.05, 0.1) is 5.41 Å². The van der Waals surface area contributed by atoms with Crippen LogP contribution in [0.2, 0.25) is 0 Å². The highest BCUT2D eigenvalue weighted by molar-refractivity contribution is 6.17. The smallest absolute Gasteiger partial charge is 0.170 e. The molecule has 0 bridgehead atoms. The van der Waals surface area contributed by atoms with Gasteiger partial charge in [0.1, 0.15) is 0 Å². The number of halogens is 4. The van der Waals surface area contributed by atoms with Crippen LogP contribution < -0.4 is 0 Å². The van der Waals surface area contributed by atoms with E-state index in [1.54, 1.807) is 12.1 Å². The Kier molecular flexibility index (Phi) is 3.34. The molecule has 0 radical (unpaired) electrons. The normalized spacial score (nSPS) is 12.9. The summed E-state index contributed by atoms with van der Waals surface area (Å²) in [6, 6.07) is 6.20. The second-order valence-electron chi connectivity index (χ2n) is 3.95. The molecule has 0 amide bonds. The number of alkyl halides is 4. The summed E-state index contributed by atoms with van der Waals surface area (Å²) in [7, 11) is 0. The number of benzene rings is 1. The van der Waals surface area contributed by atoms with Crippen LogP contribution in [0.4, 0.5) is 13.2 Å². The Hall–Kier alpha value is -0.700. The fourth-order valence-corrected chi connectivity index (χ4v) is 1.35. The SMILES string of the molecule is CC(C)(c1ccc(CCl)cc1)C(F)(F)F. The van der Waals surface area contributed by atoms with Crippen molar-refractivity contribution in [3.8, 4) is 0 Å². The van der Waals surface area contributed by atoms with Crippen LogP contribution in [0, 0.1) is 0 Å². The minimum atomic E-state index is -4.24. The van der Waals surface area contributed by atoms with Gasteiger partial charge in [0.2, 0.25) is 0 Å². The van der Waals surface area contributed by atoms with Crippen LogP contribution in [0.5, 0.6) is 0 Å². The highest BCUT2D eigenvalue weighted by Crippen LogP contribution is 2.40. The van der Waals surface area contributed by atoms with Crippen molar-refractivity contribution in [1.82, 2.24) is 0 Å². The Morgan fingerprint density at radius 1 is 1.07 bits per heavy atom. The summed E-state index contributed by atoms with van der Waals surface area (Å²) in [6.07, 6.45) is -4.24. The summed E-state index contributed by atoms with van der Waals surface area (Å²) >= 11 is 5.56. The Bertz CT molecular complexity index is 325. The quantitative estimate of drug-likeness (QED) is 0.673. The molecule has 0 aliphatic rings. The minimum Gasteiger partial charge on any atom is -0.170 e. The molecule has 0 aromatic heterocycles. The van der Waals surface area contributed by atoms with E-state index < -0.39 is 11.6 Å². The molecular weight excluding hydrogens is 225 g/mol. The highest BCUT2D eigenvalue weighted by atomic mass is 35.5. The molecule has 0 spiro atoms. The van der Waals surface area contributed by atoms with Crippen LogP contribution in [0.15, 0.2) is 24.3 Å². The molecule has 0 saturated carbocycles. The maximum Gasteiger partial charge on any atom is 0.397 e. The molecule has 0 aliphatic heterocycles. The zero-order valence-corrected chi connectivity index (χ0v) is 9.28. The van der Waals surface area contributed by atoms with Gasteiger partial charge in [-0.15, -0.1) is 11.6 Å². The van der Waals surface area contributed by atoms with E-state index in [1.165, 1.54) is 26.0 Å². The van der Waals surface area contributed by atoms with Gasteiger partial charge in [-0.1, -0.05) is 24.3 Å². The molecule has 0 nitrogen and oxygen atoms in total. The first-order valence-electron chi connectivity index (χ1n) is 4.51. The van der Waals surface area contributed by atoms with Crippen molar-refractivity contribution in [3.63, 3.8) is 0 Å². The van der Waals surface area contributed by atoms with Gasteiger partial charge in [-0.2, -0.15) is 13.2 Å². The van der Waals surface area contributed by atoms with E-state index in [0.29, 0.717) is 5.88 Å². The lowest BCUT2D eigenvalue weighted by Gasteiger charge is -2.28. The molecule has 84 valence electrons. The van der Waals surface area contributed by atoms with Gasteiger partial charge < -0.3 is 0 Å². The van der Waals surface area contributed by atoms with Gasteiger partial charge >= 0.3 is 6.18 Å². The molecule has 15 heavy (non-hydrogen) atoms. The third-order valence-corrected chi connectivity index (χ3v) is 2.85. The van der Waals surface area contributed by atoms with Crippen molar-refractivity contribution < 1.29 is 13.2 Å². The second-order valence-corrected chi connectivity index (χ2v) is 4.22. The maximum absolute atomic E-state index is 12.7. The summed E-state index contributed by atoms with van der Waals surface area (Å²) in [5.74, 6) is 0.312. The average Bonchev–Trinajstić information content (AvgIpc) is 2.16. The molecule has 1 rings (SSSR count). The van der Waals surface area contributed by atoms with Crippen molar-refractivity contribution in [1.29, 1.82) is 0 Å². The Balaban J connectivity index is 3.06. The van der Waals surface area contributed by atoms with Crippen molar-refractivity contribution in [2.45, 2.75) is 31.3 Å². The first-order valence-corrected chi connectivity index (χ1v) is 5.04. The predicted octanol–water partition coefficient (Wildman–Crippen LogP) is 4.27. The minimum absolute atomic E-state index is 0.254. The molecule has 0 saturated heterocycles. The van der Waals surface area contributed by atoms with Gasteiger partial charge in [0.25, 0.3) is 0 Å². The first-order chi connectivity index (χ1) is 6.79. The lowest BCUT2D eigenvalue weighted by atomic mass is 9.84. The summed E-state index contributed by atoms with van der Waals surface area (Å²) in [4.78, 5) is 0. The summed E-state index contributed by atoms with van der Waals surface area (Å²) in [6.45, 7) is 2.34. The first kappa shape index (κ1) is 12.4. The Labute approximate surface area is 92.1 Å². The molecule has 4 heteroatoms. The van der Waals surface area contributed by atoms with E-state index in [-0.39, 0.29) is 5.56 Å². The van der Waals surface area contributed by atoms with Crippen LogP contribution in [0.25, 0.3) is 0 Å². The fraction of sp³-hybridized carbons (Fsp3) is 0.455. The molecule has 0 aliphatic carbocycles. The van der Waals surface area contributed by atoms with Crippen LogP contribution >= 0.6 is 11.6 Å². The topological polar surface area (TPSA) is 0 Å². The van der Waals surface area contributed by atoms with Crippen LogP contribution in [-0.2, 0) is 11.3 Å². The van der Waals surface area contributed by atoms with Gasteiger partial charge in [-0.05, 0) is 25.0 Å². The molecule has 1 aromatic rings. The molecule has 0 fully saturated rings. The molecule has 0 unspecified atom stereocenters. The highest BCUT2D eigenvalue weighted by Gasteiger charge is 2.48. The summed E-state index contributed by atoms with van der Waals surface area (Å²) < 4.78 is 38.0. The van der Waals surface area contributed by atoms with Crippen molar-refractivity contribution in [3.05, 3.63) is 35.4 Å². The van der Waals surface area contributed by atoms with E-state index in [2.05, 4.69) is 0 Å². The van der Waals surface area contributed by atoms with Gasteiger partial charge in [-0.25, -0.2) is 0 Å². The molecule has 1 aromatic carbocycles. The number of hydrogen-bond donors (Lipinski definition) is 0. The van der Waals surface area contributed by atoms with Gasteiger partial charge in [0.15, 0.2) is 0 Å². The van der Waals surface area contributed by atoms with Crippen LogP contribution in [0.1, 0.15) is 25.0 Å². The predicted molar refractivity (Wildman–Crippen MR) is 55.1 cm³/mol. The summed E-state index contributed by atoms with van der Waals surface area (Å²) in [5.41, 5.74) is -0.750. The van der Waals surface area contributed by atoms with E-state index in [1.807, 2.05) is 0 Å². The molecule has 0 atom stereocenters. The second kappa shape index (κ2) is 4.05. The third-order valence-electron chi connectivity index (χ3n) is 2.54. The average molecular weight is 237 g/mol.